The number of ether oxygens (including phenoxy) is 1. The molecular weight excluding hydrogens is 440 g/mol. The largest absolute Gasteiger partial charge is 0.452 e. The summed E-state index contributed by atoms with van der Waals surface area (Å²) in [7, 11) is -4.03. The Morgan fingerprint density at radius 2 is 1.61 bits per heavy atom. The van der Waals surface area contributed by atoms with Crippen molar-refractivity contribution in [3.05, 3.63) is 96.1 Å². The van der Waals surface area contributed by atoms with E-state index < -0.39 is 28.5 Å². The van der Waals surface area contributed by atoms with Crippen molar-refractivity contribution in [1.29, 1.82) is 0 Å². The minimum atomic E-state index is -4.03. The average molecular weight is 463 g/mol. The highest BCUT2D eigenvalue weighted by Crippen LogP contribution is 2.26. The van der Waals surface area contributed by atoms with Crippen molar-refractivity contribution in [3.8, 4) is 12.3 Å². The van der Waals surface area contributed by atoms with Gasteiger partial charge in [-0.1, -0.05) is 60.5 Å². The number of carbonyl (C=O) groups excluding carboxylic acids is 2. The number of anilines is 1. The number of hydrogen-bond donors (Lipinski definition) is 1. The molecule has 0 atom stereocenters. The van der Waals surface area contributed by atoms with Crippen molar-refractivity contribution < 1.29 is 22.7 Å². The summed E-state index contributed by atoms with van der Waals surface area (Å²) in [5, 5.41) is 2.38. The third kappa shape index (κ3) is 6.21. The molecule has 0 aliphatic heterocycles. The van der Waals surface area contributed by atoms with E-state index in [1.807, 2.05) is 30.3 Å². The average Bonchev–Trinajstić information content (AvgIpc) is 2.85. The number of esters is 1. The number of carbonyl (C=O) groups is 2. The zero-order valence-corrected chi connectivity index (χ0v) is 18.5. The summed E-state index contributed by atoms with van der Waals surface area (Å²) >= 11 is 0. The molecule has 3 aromatic rings. The van der Waals surface area contributed by atoms with E-state index in [2.05, 4.69) is 11.2 Å². The second-order valence-electron chi connectivity index (χ2n) is 6.92. The van der Waals surface area contributed by atoms with Crippen molar-refractivity contribution in [2.75, 3.05) is 17.5 Å². The second kappa shape index (κ2) is 11.0. The second-order valence-corrected chi connectivity index (χ2v) is 8.78. The van der Waals surface area contributed by atoms with Gasteiger partial charge in [0.25, 0.3) is 15.9 Å². The maximum Gasteiger partial charge on any atom is 0.338 e. The molecule has 0 saturated heterocycles. The molecule has 0 fully saturated rings. The van der Waals surface area contributed by atoms with Crippen molar-refractivity contribution >= 4 is 27.6 Å². The van der Waals surface area contributed by atoms with Gasteiger partial charge < -0.3 is 10.1 Å². The fraction of sp³-hybridized carbons (Fsp3) is 0.120. The fourth-order valence-corrected chi connectivity index (χ4v) is 4.48. The SMILES string of the molecule is C#CCNC(=O)COC(=O)c1cccc(S(=O)(=O)N(Cc2ccccc2)c2ccccc2)c1. The van der Waals surface area contributed by atoms with Crippen LogP contribution in [0.5, 0.6) is 0 Å². The molecule has 0 saturated carbocycles. The number of amides is 1. The van der Waals surface area contributed by atoms with Gasteiger partial charge in [0.1, 0.15) is 0 Å². The Hall–Kier alpha value is -4.09. The molecule has 168 valence electrons. The highest BCUT2D eigenvalue weighted by molar-refractivity contribution is 7.92. The van der Waals surface area contributed by atoms with Gasteiger partial charge in [-0.3, -0.25) is 9.10 Å². The van der Waals surface area contributed by atoms with Crippen molar-refractivity contribution in [2.45, 2.75) is 11.4 Å². The molecule has 1 amide bonds. The molecule has 0 aliphatic rings. The molecule has 33 heavy (non-hydrogen) atoms. The Bertz CT molecular complexity index is 1250. The highest BCUT2D eigenvalue weighted by Gasteiger charge is 2.26. The van der Waals surface area contributed by atoms with Gasteiger partial charge in [-0.2, -0.15) is 0 Å². The fourth-order valence-electron chi connectivity index (χ4n) is 2.98. The van der Waals surface area contributed by atoms with Crippen LogP contribution in [-0.2, 0) is 26.1 Å². The van der Waals surface area contributed by atoms with Crippen LogP contribution in [0.4, 0.5) is 5.69 Å². The lowest BCUT2D eigenvalue weighted by molar-refractivity contribution is -0.123. The molecule has 3 rings (SSSR count). The number of hydrogen-bond acceptors (Lipinski definition) is 5. The Morgan fingerprint density at radius 3 is 2.27 bits per heavy atom. The van der Waals surface area contributed by atoms with Crippen molar-refractivity contribution in [1.82, 2.24) is 5.32 Å². The highest BCUT2D eigenvalue weighted by atomic mass is 32.2. The predicted molar refractivity (Wildman–Crippen MR) is 125 cm³/mol. The lowest BCUT2D eigenvalue weighted by atomic mass is 10.2. The van der Waals surface area contributed by atoms with Crippen LogP contribution in [0.15, 0.2) is 89.8 Å². The number of benzene rings is 3. The molecule has 0 aliphatic carbocycles. The minimum absolute atomic E-state index is 0.00791. The summed E-state index contributed by atoms with van der Waals surface area (Å²) in [4.78, 5) is 23.9. The zero-order chi connectivity index (χ0) is 23.7. The molecule has 8 heteroatoms. The van der Waals surface area contributed by atoms with E-state index >= 15 is 0 Å². The van der Waals surface area contributed by atoms with Crippen LogP contribution < -0.4 is 9.62 Å². The Kier molecular flexibility index (Phi) is 7.84. The third-order valence-electron chi connectivity index (χ3n) is 4.59. The molecule has 1 N–H and O–H groups in total. The number of para-hydroxylation sites is 1. The van der Waals surface area contributed by atoms with Gasteiger partial charge in [-0.05, 0) is 35.9 Å². The molecule has 0 bridgehead atoms. The van der Waals surface area contributed by atoms with Crippen LogP contribution in [0.3, 0.4) is 0 Å². The maximum absolute atomic E-state index is 13.6. The monoisotopic (exact) mass is 462 g/mol. The van der Waals surface area contributed by atoms with Crippen LogP contribution in [0.1, 0.15) is 15.9 Å². The summed E-state index contributed by atoms with van der Waals surface area (Å²) in [5.41, 5.74) is 1.30. The summed E-state index contributed by atoms with van der Waals surface area (Å²) in [6, 6.07) is 23.4. The molecule has 3 aromatic carbocycles. The summed E-state index contributed by atoms with van der Waals surface area (Å²) in [5.74, 6) is 0.865. The number of nitrogens with zero attached hydrogens (tertiary/aromatic N) is 1. The molecule has 0 spiro atoms. The number of terminal acetylenes is 1. The van der Waals surface area contributed by atoms with E-state index in [4.69, 9.17) is 11.2 Å². The topological polar surface area (TPSA) is 92.8 Å². The van der Waals surface area contributed by atoms with Gasteiger partial charge >= 0.3 is 5.97 Å². The van der Waals surface area contributed by atoms with Crippen LogP contribution in [-0.4, -0.2) is 33.4 Å². The number of sulfonamides is 1. The first-order valence-electron chi connectivity index (χ1n) is 10.0. The Morgan fingerprint density at radius 1 is 0.939 bits per heavy atom. The molecule has 0 unspecified atom stereocenters. The van der Waals surface area contributed by atoms with E-state index in [0.29, 0.717) is 5.69 Å². The molecular formula is C25H22N2O5S. The van der Waals surface area contributed by atoms with Gasteiger partial charge in [0.15, 0.2) is 6.61 Å². The normalized spacial score (nSPS) is 10.6. The van der Waals surface area contributed by atoms with Crippen LogP contribution in [0, 0.1) is 12.3 Å². The van der Waals surface area contributed by atoms with Gasteiger partial charge in [0, 0.05) is 0 Å². The third-order valence-corrected chi connectivity index (χ3v) is 6.36. The first-order valence-corrected chi connectivity index (χ1v) is 11.4. The molecule has 7 nitrogen and oxygen atoms in total. The smallest absolute Gasteiger partial charge is 0.338 e. The zero-order valence-electron chi connectivity index (χ0n) is 17.7. The van der Waals surface area contributed by atoms with Gasteiger partial charge in [0.2, 0.25) is 0 Å². The van der Waals surface area contributed by atoms with Crippen LogP contribution in [0.25, 0.3) is 0 Å². The summed E-state index contributed by atoms with van der Waals surface area (Å²) in [6.45, 7) is -0.403. The summed E-state index contributed by atoms with van der Waals surface area (Å²) < 4.78 is 33.4. The number of rotatable bonds is 9. The minimum Gasteiger partial charge on any atom is -0.452 e. The lowest BCUT2D eigenvalue weighted by Crippen LogP contribution is -2.31. The Labute approximate surface area is 193 Å². The Balaban J connectivity index is 1.87. The standard InChI is InChI=1S/C25H22N2O5S/c1-2-16-26-24(28)19-32-25(29)21-12-9-15-23(17-21)33(30,31)27(22-13-7-4-8-14-22)18-20-10-5-3-6-11-20/h1,3-15,17H,16,18-19H2,(H,26,28). The van der Waals surface area contributed by atoms with Crippen molar-refractivity contribution in [3.63, 3.8) is 0 Å². The first kappa shape index (κ1) is 23.6. The molecule has 0 heterocycles. The van der Waals surface area contributed by atoms with Crippen molar-refractivity contribution in [2.24, 2.45) is 0 Å². The van der Waals surface area contributed by atoms with E-state index in [-0.39, 0.29) is 23.5 Å². The molecule has 0 aromatic heterocycles. The van der Waals surface area contributed by atoms with Crippen LogP contribution in [0.2, 0.25) is 0 Å². The number of nitrogens with one attached hydrogen (secondary N) is 1. The lowest BCUT2D eigenvalue weighted by Gasteiger charge is -2.25. The van der Waals surface area contributed by atoms with Gasteiger partial charge in [0.05, 0.1) is 29.2 Å². The van der Waals surface area contributed by atoms with Gasteiger partial charge in [-0.25, -0.2) is 13.2 Å². The summed E-state index contributed by atoms with van der Waals surface area (Å²) in [6.07, 6.45) is 5.06. The van der Waals surface area contributed by atoms with E-state index in [1.54, 1.807) is 30.3 Å². The van der Waals surface area contributed by atoms with E-state index in [1.165, 1.54) is 28.6 Å². The van der Waals surface area contributed by atoms with Gasteiger partial charge in [-0.15, -0.1) is 6.42 Å². The van der Waals surface area contributed by atoms with Crippen LogP contribution >= 0.6 is 0 Å². The van der Waals surface area contributed by atoms with E-state index in [9.17, 15) is 18.0 Å². The maximum atomic E-state index is 13.6. The van der Waals surface area contributed by atoms with E-state index in [0.717, 1.165) is 5.56 Å². The quantitative estimate of drug-likeness (QED) is 0.390. The first-order chi connectivity index (χ1) is 15.9. The molecule has 0 radical (unpaired) electrons. The predicted octanol–water partition coefficient (Wildman–Crippen LogP) is 2.99.